The predicted octanol–water partition coefficient (Wildman–Crippen LogP) is 3.37. The molecule has 0 radical (unpaired) electrons. The molecule has 1 N–H and O–H groups in total. The van der Waals surface area contributed by atoms with Crippen molar-refractivity contribution in [3.8, 4) is 0 Å². The van der Waals surface area contributed by atoms with E-state index in [2.05, 4.69) is 19.2 Å². The van der Waals surface area contributed by atoms with Gasteiger partial charge in [-0.1, -0.05) is 19.1 Å². The highest BCUT2D eigenvalue weighted by molar-refractivity contribution is 7.99. The van der Waals surface area contributed by atoms with E-state index in [1.165, 1.54) is 17.7 Å². The maximum absolute atomic E-state index is 12.9. The third kappa shape index (κ3) is 2.77. The highest BCUT2D eigenvalue weighted by Crippen LogP contribution is 2.30. The number of halogens is 1. The van der Waals surface area contributed by atoms with Crippen LogP contribution in [0.25, 0.3) is 0 Å². The molecule has 1 aromatic carbocycles. The van der Waals surface area contributed by atoms with Crippen molar-refractivity contribution in [1.29, 1.82) is 0 Å². The van der Waals surface area contributed by atoms with E-state index in [0.29, 0.717) is 17.3 Å². The Bertz CT molecular complexity index is 338. The Morgan fingerprint density at radius 2 is 1.94 bits per heavy atom. The molecule has 16 heavy (non-hydrogen) atoms. The van der Waals surface area contributed by atoms with E-state index in [-0.39, 0.29) is 5.82 Å². The highest BCUT2D eigenvalue weighted by Gasteiger charge is 2.24. The van der Waals surface area contributed by atoms with Crippen LogP contribution >= 0.6 is 11.8 Å². The number of hydrogen-bond acceptors (Lipinski definition) is 2. The van der Waals surface area contributed by atoms with Gasteiger partial charge in [0.2, 0.25) is 0 Å². The zero-order chi connectivity index (χ0) is 11.5. The Morgan fingerprint density at radius 1 is 1.25 bits per heavy atom. The third-order valence-electron chi connectivity index (χ3n) is 3.09. The third-order valence-corrected chi connectivity index (χ3v) is 4.36. The molecule has 1 aliphatic rings. The monoisotopic (exact) mass is 239 g/mol. The van der Waals surface area contributed by atoms with E-state index in [1.54, 1.807) is 12.1 Å². The average Bonchev–Trinajstić information content (AvgIpc) is 2.42. The van der Waals surface area contributed by atoms with E-state index in [4.69, 9.17) is 0 Å². The minimum Gasteiger partial charge on any atom is -0.306 e. The maximum Gasteiger partial charge on any atom is 0.123 e. The van der Waals surface area contributed by atoms with Crippen LogP contribution < -0.4 is 5.32 Å². The van der Waals surface area contributed by atoms with E-state index in [9.17, 15) is 4.39 Å². The number of benzene rings is 1. The van der Waals surface area contributed by atoms with Crippen LogP contribution in [0.5, 0.6) is 0 Å². The normalized spacial score (nSPS) is 31.1. The second-order valence-corrected chi connectivity index (χ2v) is 5.95. The molecule has 3 atom stereocenters. The zero-order valence-corrected chi connectivity index (χ0v) is 10.6. The average molecular weight is 239 g/mol. The van der Waals surface area contributed by atoms with Crippen LogP contribution in [0.15, 0.2) is 24.3 Å². The molecule has 2 rings (SSSR count). The summed E-state index contributed by atoms with van der Waals surface area (Å²) in [5.41, 5.74) is 1.19. The van der Waals surface area contributed by atoms with Crippen molar-refractivity contribution in [2.24, 2.45) is 0 Å². The van der Waals surface area contributed by atoms with Crippen molar-refractivity contribution >= 4 is 11.8 Å². The fourth-order valence-electron chi connectivity index (χ4n) is 2.09. The number of thioether (sulfide) groups is 1. The molecule has 0 bridgehead atoms. The minimum atomic E-state index is -0.161. The molecule has 1 saturated heterocycles. The summed E-state index contributed by atoms with van der Waals surface area (Å²) < 4.78 is 12.9. The first kappa shape index (κ1) is 11.9. The van der Waals surface area contributed by atoms with Crippen LogP contribution in [0.4, 0.5) is 4.39 Å². The summed E-state index contributed by atoms with van der Waals surface area (Å²) in [4.78, 5) is 0. The van der Waals surface area contributed by atoms with Gasteiger partial charge in [0.1, 0.15) is 5.82 Å². The van der Waals surface area contributed by atoms with Crippen LogP contribution in [-0.4, -0.2) is 17.0 Å². The molecule has 88 valence electrons. The van der Waals surface area contributed by atoms with Crippen molar-refractivity contribution in [2.45, 2.75) is 37.6 Å². The Hall–Kier alpha value is -0.540. The summed E-state index contributed by atoms with van der Waals surface area (Å²) in [5, 5.41) is 4.16. The molecule has 1 heterocycles. The van der Waals surface area contributed by atoms with Crippen LogP contribution in [0, 0.1) is 5.82 Å². The largest absolute Gasteiger partial charge is 0.306 e. The second kappa shape index (κ2) is 5.19. The Kier molecular flexibility index (Phi) is 3.87. The van der Waals surface area contributed by atoms with Crippen LogP contribution in [0.3, 0.4) is 0 Å². The predicted molar refractivity (Wildman–Crippen MR) is 68.3 cm³/mol. The summed E-state index contributed by atoms with van der Waals surface area (Å²) in [6.45, 7) is 4.46. The van der Waals surface area contributed by atoms with Gasteiger partial charge in [0.15, 0.2) is 0 Å². The number of rotatable bonds is 1. The molecular formula is C13H18FNS. The smallest absolute Gasteiger partial charge is 0.123 e. The summed E-state index contributed by atoms with van der Waals surface area (Å²) in [6.07, 6.45) is 1.20. The minimum absolute atomic E-state index is 0.161. The second-order valence-electron chi connectivity index (χ2n) is 4.46. The first-order chi connectivity index (χ1) is 7.66. The quantitative estimate of drug-likeness (QED) is 0.806. The molecule has 0 amide bonds. The van der Waals surface area contributed by atoms with Gasteiger partial charge in [-0.3, -0.25) is 0 Å². The Morgan fingerprint density at radius 3 is 2.62 bits per heavy atom. The lowest BCUT2D eigenvalue weighted by molar-refractivity contribution is 0.455. The van der Waals surface area contributed by atoms with Gasteiger partial charge in [0.25, 0.3) is 0 Å². The maximum atomic E-state index is 12.9. The lowest BCUT2D eigenvalue weighted by Crippen LogP contribution is -2.33. The molecule has 0 spiro atoms. The van der Waals surface area contributed by atoms with E-state index in [1.807, 2.05) is 23.9 Å². The van der Waals surface area contributed by atoms with Crippen molar-refractivity contribution in [3.63, 3.8) is 0 Å². The van der Waals surface area contributed by atoms with Gasteiger partial charge >= 0.3 is 0 Å². The number of nitrogens with one attached hydrogen (secondary N) is 1. The van der Waals surface area contributed by atoms with Crippen LogP contribution in [0.1, 0.15) is 31.9 Å². The van der Waals surface area contributed by atoms with E-state index >= 15 is 0 Å². The molecule has 0 aliphatic carbocycles. The fourth-order valence-corrected chi connectivity index (χ4v) is 3.38. The lowest BCUT2D eigenvalue weighted by atomic mass is 10.0. The SMILES string of the molecule is CC1CCSC(C)C(c2ccc(F)cc2)N1. The van der Waals surface area contributed by atoms with Crippen molar-refractivity contribution in [3.05, 3.63) is 35.6 Å². The highest BCUT2D eigenvalue weighted by atomic mass is 32.2. The topological polar surface area (TPSA) is 12.0 Å². The molecule has 1 nitrogen and oxygen atoms in total. The van der Waals surface area contributed by atoms with Crippen molar-refractivity contribution in [2.75, 3.05) is 5.75 Å². The van der Waals surface area contributed by atoms with Gasteiger partial charge < -0.3 is 5.32 Å². The van der Waals surface area contributed by atoms with Gasteiger partial charge in [-0.2, -0.15) is 11.8 Å². The fraction of sp³-hybridized carbons (Fsp3) is 0.538. The van der Waals surface area contributed by atoms with Crippen molar-refractivity contribution < 1.29 is 4.39 Å². The molecule has 1 aliphatic heterocycles. The summed E-state index contributed by atoms with van der Waals surface area (Å²) in [7, 11) is 0. The Balaban J connectivity index is 2.19. The molecule has 1 fully saturated rings. The summed E-state index contributed by atoms with van der Waals surface area (Å²) >= 11 is 1.99. The standard InChI is InChI=1S/C13H18FNS/c1-9-7-8-16-10(2)13(15-9)11-3-5-12(14)6-4-11/h3-6,9-10,13,15H,7-8H2,1-2H3. The molecule has 1 aromatic rings. The molecular weight excluding hydrogens is 221 g/mol. The Labute approximate surface area is 101 Å². The van der Waals surface area contributed by atoms with Crippen molar-refractivity contribution in [1.82, 2.24) is 5.32 Å². The van der Waals surface area contributed by atoms with E-state index in [0.717, 1.165) is 0 Å². The van der Waals surface area contributed by atoms with Gasteiger partial charge in [0, 0.05) is 17.3 Å². The molecule has 0 saturated carbocycles. The summed E-state index contributed by atoms with van der Waals surface area (Å²) in [6, 6.07) is 7.74. The van der Waals surface area contributed by atoms with Gasteiger partial charge in [0.05, 0.1) is 0 Å². The zero-order valence-electron chi connectivity index (χ0n) is 9.74. The molecule has 3 unspecified atom stereocenters. The van der Waals surface area contributed by atoms with Gasteiger partial charge in [-0.15, -0.1) is 0 Å². The number of hydrogen-bond donors (Lipinski definition) is 1. The van der Waals surface area contributed by atoms with E-state index < -0.39 is 0 Å². The first-order valence-corrected chi connectivity index (χ1v) is 6.85. The summed E-state index contributed by atoms with van der Waals surface area (Å²) in [5.74, 6) is 1.04. The van der Waals surface area contributed by atoms with Gasteiger partial charge in [-0.25, -0.2) is 4.39 Å². The van der Waals surface area contributed by atoms with Crippen LogP contribution in [0.2, 0.25) is 0 Å². The van der Waals surface area contributed by atoms with Gasteiger partial charge in [-0.05, 0) is 36.8 Å². The molecule has 3 heteroatoms. The lowest BCUT2D eigenvalue weighted by Gasteiger charge is -2.24. The first-order valence-electron chi connectivity index (χ1n) is 5.80. The van der Waals surface area contributed by atoms with Crippen LogP contribution in [-0.2, 0) is 0 Å². The molecule has 0 aromatic heterocycles.